The van der Waals surface area contributed by atoms with E-state index in [0.717, 1.165) is 11.2 Å². The van der Waals surface area contributed by atoms with Crippen LogP contribution in [0.1, 0.15) is 16.8 Å². The molecule has 0 aliphatic carbocycles. The molecule has 110 valence electrons. The second-order valence-corrected chi connectivity index (χ2v) is 5.79. The monoisotopic (exact) mass is 295 g/mol. The summed E-state index contributed by atoms with van der Waals surface area (Å²) in [5.74, 6) is 0. The van der Waals surface area contributed by atoms with Gasteiger partial charge in [-0.1, -0.05) is 72.8 Å². The zero-order valence-electron chi connectivity index (χ0n) is 13.0. The van der Waals surface area contributed by atoms with Crippen LogP contribution in [0, 0.1) is 6.92 Å². The largest absolute Gasteiger partial charge is 0.247 e. The van der Waals surface area contributed by atoms with Gasteiger partial charge in [0, 0.05) is 10.8 Å². The van der Waals surface area contributed by atoms with E-state index in [4.69, 9.17) is 4.98 Å². The van der Waals surface area contributed by atoms with Crippen LogP contribution < -0.4 is 0 Å². The van der Waals surface area contributed by atoms with Crippen molar-refractivity contribution >= 4 is 33.8 Å². The summed E-state index contributed by atoms with van der Waals surface area (Å²) in [5, 5.41) is 3.63. The third-order valence-corrected chi connectivity index (χ3v) is 4.17. The van der Waals surface area contributed by atoms with Gasteiger partial charge in [0.25, 0.3) is 0 Å². The minimum Gasteiger partial charge on any atom is -0.247 e. The SMILES string of the molecule is Cc1cc2ccc3ccccc3c2nc1C=Cc1ccccc1. The van der Waals surface area contributed by atoms with Gasteiger partial charge in [-0.3, -0.25) is 0 Å². The van der Waals surface area contributed by atoms with Crippen LogP contribution in [-0.4, -0.2) is 4.98 Å². The number of aromatic nitrogens is 1. The molecule has 0 unspecified atom stereocenters. The predicted octanol–water partition coefficient (Wildman–Crippen LogP) is 5.87. The fraction of sp³-hybridized carbons (Fsp3) is 0.0455. The lowest BCUT2D eigenvalue weighted by Crippen LogP contribution is -1.90. The first-order valence-corrected chi connectivity index (χ1v) is 7.83. The number of rotatable bonds is 2. The highest BCUT2D eigenvalue weighted by molar-refractivity contribution is 6.05. The maximum absolute atomic E-state index is 4.93. The molecule has 0 saturated heterocycles. The van der Waals surface area contributed by atoms with Crippen molar-refractivity contribution in [3.63, 3.8) is 0 Å². The zero-order chi connectivity index (χ0) is 15.6. The van der Waals surface area contributed by atoms with E-state index in [-0.39, 0.29) is 0 Å². The Labute approximate surface area is 135 Å². The summed E-state index contributed by atoms with van der Waals surface area (Å²) in [5.41, 5.74) is 4.48. The van der Waals surface area contributed by atoms with E-state index in [0.29, 0.717) is 0 Å². The summed E-state index contributed by atoms with van der Waals surface area (Å²) in [4.78, 5) is 4.93. The molecule has 0 aliphatic heterocycles. The van der Waals surface area contributed by atoms with Crippen LogP contribution in [0.5, 0.6) is 0 Å². The first-order chi connectivity index (χ1) is 11.3. The number of aryl methyl sites for hydroxylation is 1. The molecule has 1 aromatic heterocycles. The van der Waals surface area contributed by atoms with Crippen LogP contribution in [0.2, 0.25) is 0 Å². The second-order valence-electron chi connectivity index (χ2n) is 5.79. The Hall–Kier alpha value is -2.93. The van der Waals surface area contributed by atoms with Crippen molar-refractivity contribution < 1.29 is 0 Å². The van der Waals surface area contributed by atoms with Gasteiger partial charge in [0.2, 0.25) is 0 Å². The number of pyridine rings is 1. The standard InChI is InChI=1S/C22H17N/c1-16-15-19-13-12-18-9-5-6-10-20(18)22(19)23-21(16)14-11-17-7-3-2-4-8-17/h2-15H,1H3. The first-order valence-electron chi connectivity index (χ1n) is 7.83. The lowest BCUT2D eigenvalue weighted by atomic mass is 10.0. The molecule has 0 aliphatic rings. The minimum absolute atomic E-state index is 1.03. The molecular formula is C22H17N. The van der Waals surface area contributed by atoms with E-state index in [9.17, 15) is 0 Å². The van der Waals surface area contributed by atoms with Gasteiger partial charge in [-0.15, -0.1) is 0 Å². The Balaban J connectivity index is 1.88. The molecule has 1 heterocycles. The quantitative estimate of drug-likeness (QED) is 0.422. The number of fused-ring (bicyclic) bond motifs is 3. The Morgan fingerprint density at radius 3 is 2.35 bits per heavy atom. The summed E-state index contributed by atoms with van der Waals surface area (Å²) >= 11 is 0. The van der Waals surface area contributed by atoms with Crippen LogP contribution in [0.25, 0.3) is 33.8 Å². The summed E-state index contributed by atoms with van der Waals surface area (Å²) in [7, 11) is 0. The van der Waals surface area contributed by atoms with Crippen molar-refractivity contribution in [3.8, 4) is 0 Å². The fourth-order valence-corrected chi connectivity index (χ4v) is 2.94. The molecule has 1 heteroatoms. The zero-order valence-corrected chi connectivity index (χ0v) is 13.0. The average Bonchev–Trinajstić information content (AvgIpc) is 2.61. The third kappa shape index (κ3) is 2.62. The smallest absolute Gasteiger partial charge is 0.0787 e. The topological polar surface area (TPSA) is 12.9 Å². The molecule has 0 saturated carbocycles. The molecule has 0 radical (unpaired) electrons. The van der Waals surface area contributed by atoms with E-state index in [1.807, 2.05) is 18.2 Å². The molecule has 0 spiro atoms. The van der Waals surface area contributed by atoms with Crippen molar-refractivity contribution in [2.45, 2.75) is 6.92 Å². The van der Waals surface area contributed by atoms with Crippen molar-refractivity contribution in [1.29, 1.82) is 0 Å². The molecule has 4 rings (SSSR count). The van der Waals surface area contributed by atoms with E-state index in [1.165, 1.54) is 27.3 Å². The normalized spacial score (nSPS) is 11.5. The van der Waals surface area contributed by atoms with Crippen LogP contribution in [-0.2, 0) is 0 Å². The van der Waals surface area contributed by atoms with Crippen LogP contribution in [0.3, 0.4) is 0 Å². The predicted molar refractivity (Wildman–Crippen MR) is 99.4 cm³/mol. The minimum atomic E-state index is 1.03. The molecule has 3 aromatic carbocycles. The van der Waals surface area contributed by atoms with E-state index < -0.39 is 0 Å². The second kappa shape index (κ2) is 5.69. The molecule has 0 bridgehead atoms. The Kier molecular flexibility index (Phi) is 3.39. The van der Waals surface area contributed by atoms with E-state index >= 15 is 0 Å². The number of nitrogens with zero attached hydrogens (tertiary/aromatic N) is 1. The summed E-state index contributed by atoms with van der Waals surface area (Å²) in [6.07, 6.45) is 4.22. The Bertz CT molecular complexity index is 1010. The average molecular weight is 295 g/mol. The highest BCUT2D eigenvalue weighted by Crippen LogP contribution is 2.26. The lowest BCUT2D eigenvalue weighted by molar-refractivity contribution is 1.30. The number of hydrogen-bond donors (Lipinski definition) is 0. The maximum Gasteiger partial charge on any atom is 0.0787 e. The van der Waals surface area contributed by atoms with Crippen molar-refractivity contribution in [2.24, 2.45) is 0 Å². The van der Waals surface area contributed by atoms with Crippen molar-refractivity contribution in [1.82, 2.24) is 4.98 Å². The van der Waals surface area contributed by atoms with Crippen LogP contribution in [0.4, 0.5) is 0 Å². The maximum atomic E-state index is 4.93. The molecule has 0 amide bonds. The molecular weight excluding hydrogens is 278 g/mol. The molecule has 4 aromatic rings. The number of hydrogen-bond acceptors (Lipinski definition) is 1. The molecule has 1 nitrogen and oxygen atoms in total. The molecule has 0 atom stereocenters. The summed E-state index contributed by atoms with van der Waals surface area (Å²) in [6, 6.07) is 25.3. The lowest BCUT2D eigenvalue weighted by Gasteiger charge is -2.07. The highest BCUT2D eigenvalue weighted by Gasteiger charge is 2.05. The Morgan fingerprint density at radius 1 is 0.739 bits per heavy atom. The Morgan fingerprint density at radius 2 is 1.48 bits per heavy atom. The van der Waals surface area contributed by atoms with Gasteiger partial charge in [-0.25, -0.2) is 4.98 Å². The van der Waals surface area contributed by atoms with Gasteiger partial charge >= 0.3 is 0 Å². The van der Waals surface area contributed by atoms with E-state index in [2.05, 4.69) is 73.7 Å². The highest BCUT2D eigenvalue weighted by atomic mass is 14.7. The van der Waals surface area contributed by atoms with Crippen molar-refractivity contribution in [2.75, 3.05) is 0 Å². The van der Waals surface area contributed by atoms with E-state index in [1.54, 1.807) is 0 Å². The van der Waals surface area contributed by atoms with Crippen molar-refractivity contribution in [3.05, 3.63) is 89.6 Å². The van der Waals surface area contributed by atoms with Gasteiger partial charge in [0.15, 0.2) is 0 Å². The summed E-state index contributed by atoms with van der Waals surface area (Å²) < 4.78 is 0. The number of benzene rings is 3. The van der Waals surface area contributed by atoms with Gasteiger partial charge in [-0.05, 0) is 35.6 Å². The van der Waals surface area contributed by atoms with Crippen LogP contribution in [0.15, 0.2) is 72.8 Å². The van der Waals surface area contributed by atoms with Gasteiger partial charge in [-0.2, -0.15) is 0 Å². The third-order valence-electron chi connectivity index (χ3n) is 4.17. The molecule has 0 N–H and O–H groups in total. The van der Waals surface area contributed by atoms with Gasteiger partial charge in [0.05, 0.1) is 11.2 Å². The molecule has 23 heavy (non-hydrogen) atoms. The van der Waals surface area contributed by atoms with Gasteiger partial charge in [0.1, 0.15) is 0 Å². The first kappa shape index (κ1) is 13.7. The fourth-order valence-electron chi connectivity index (χ4n) is 2.94. The summed E-state index contributed by atoms with van der Waals surface area (Å²) in [6.45, 7) is 2.12. The van der Waals surface area contributed by atoms with Crippen LogP contribution >= 0.6 is 0 Å². The van der Waals surface area contributed by atoms with Gasteiger partial charge < -0.3 is 0 Å². The molecule has 0 fully saturated rings.